The number of hydrogen-bond acceptors (Lipinski definition) is 2. The van der Waals surface area contributed by atoms with Crippen molar-refractivity contribution in [1.82, 2.24) is 9.80 Å². The highest BCUT2D eigenvalue weighted by Gasteiger charge is 2.32. The lowest BCUT2D eigenvalue weighted by Crippen LogP contribution is -2.50. The van der Waals surface area contributed by atoms with Crippen LogP contribution in [0.1, 0.15) is 27.9 Å². The zero-order chi connectivity index (χ0) is 21.9. The molecule has 1 aliphatic rings. The number of amides is 2. The second kappa shape index (κ2) is 9.27. The number of hydrogen-bond donors (Lipinski definition) is 0. The van der Waals surface area contributed by atoms with E-state index in [2.05, 4.69) is 0 Å². The second-order valence-electron chi connectivity index (χ2n) is 6.96. The molecule has 4 nitrogen and oxygen atoms in total. The van der Waals surface area contributed by atoms with Crippen LogP contribution in [0.2, 0.25) is 10.0 Å². The van der Waals surface area contributed by atoms with Crippen molar-refractivity contribution in [3.8, 4) is 0 Å². The predicted octanol–water partition coefficient (Wildman–Crippen LogP) is 4.93. The van der Waals surface area contributed by atoms with Gasteiger partial charge in [0, 0.05) is 38.2 Å². The third kappa shape index (κ3) is 5.26. The van der Waals surface area contributed by atoms with Crippen molar-refractivity contribution in [3.05, 3.63) is 69.2 Å². The molecule has 0 radical (unpaired) electrons. The fourth-order valence-electron chi connectivity index (χ4n) is 3.31. The van der Waals surface area contributed by atoms with Crippen LogP contribution in [-0.2, 0) is 17.4 Å². The molecule has 0 atom stereocenters. The SMILES string of the molecule is O=C(CCc1cccc(Cl)c1Cl)N1CCN(C(=O)c2cccc(C(F)(F)F)c2)CC1. The van der Waals surface area contributed by atoms with Gasteiger partial charge in [-0.3, -0.25) is 9.59 Å². The average molecular weight is 459 g/mol. The molecule has 2 aromatic rings. The van der Waals surface area contributed by atoms with E-state index in [9.17, 15) is 22.8 Å². The number of rotatable bonds is 4. The normalized spacial score (nSPS) is 14.7. The number of carbonyl (C=O) groups excluding carboxylic acids is 2. The smallest absolute Gasteiger partial charge is 0.339 e. The molecule has 1 heterocycles. The molecule has 1 saturated heterocycles. The first-order valence-corrected chi connectivity index (χ1v) is 10.1. The summed E-state index contributed by atoms with van der Waals surface area (Å²) in [5.74, 6) is -0.545. The number of halogens is 5. The van der Waals surface area contributed by atoms with Crippen molar-refractivity contribution in [2.24, 2.45) is 0 Å². The topological polar surface area (TPSA) is 40.6 Å². The van der Waals surface area contributed by atoms with Gasteiger partial charge >= 0.3 is 6.18 Å². The summed E-state index contributed by atoms with van der Waals surface area (Å²) in [5.41, 5.74) is -0.0853. The van der Waals surface area contributed by atoms with Crippen molar-refractivity contribution >= 4 is 35.0 Å². The molecule has 0 saturated carbocycles. The highest BCUT2D eigenvalue weighted by Crippen LogP contribution is 2.30. The van der Waals surface area contributed by atoms with Crippen molar-refractivity contribution in [1.29, 1.82) is 0 Å². The Bertz CT molecular complexity index is 942. The fourth-order valence-corrected chi connectivity index (χ4v) is 3.73. The van der Waals surface area contributed by atoms with Crippen molar-refractivity contribution in [2.75, 3.05) is 26.2 Å². The van der Waals surface area contributed by atoms with E-state index in [0.29, 0.717) is 29.6 Å². The van der Waals surface area contributed by atoms with E-state index in [4.69, 9.17) is 23.2 Å². The van der Waals surface area contributed by atoms with Gasteiger partial charge in [-0.1, -0.05) is 41.4 Å². The Labute approximate surface area is 182 Å². The van der Waals surface area contributed by atoms with Gasteiger partial charge in [-0.05, 0) is 36.2 Å². The number of nitrogens with zero attached hydrogens (tertiary/aromatic N) is 2. The lowest BCUT2D eigenvalue weighted by atomic mass is 10.1. The Hall–Kier alpha value is -2.25. The zero-order valence-corrected chi connectivity index (χ0v) is 17.4. The number of benzene rings is 2. The Morgan fingerprint density at radius 3 is 2.23 bits per heavy atom. The molecule has 1 fully saturated rings. The predicted molar refractivity (Wildman–Crippen MR) is 109 cm³/mol. The summed E-state index contributed by atoms with van der Waals surface area (Å²) in [6.45, 7) is 1.18. The lowest BCUT2D eigenvalue weighted by Gasteiger charge is -2.35. The van der Waals surface area contributed by atoms with E-state index in [-0.39, 0.29) is 31.0 Å². The molecular formula is C21H19Cl2F3N2O2. The summed E-state index contributed by atoms with van der Waals surface area (Å²) < 4.78 is 38.6. The van der Waals surface area contributed by atoms with Crippen LogP contribution in [0.4, 0.5) is 13.2 Å². The van der Waals surface area contributed by atoms with Crippen LogP contribution < -0.4 is 0 Å². The molecule has 2 amide bonds. The van der Waals surface area contributed by atoms with Crippen molar-refractivity contribution in [3.63, 3.8) is 0 Å². The first kappa shape index (κ1) is 22.4. The highest BCUT2D eigenvalue weighted by atomic mass is 35.5. The second-order valence-corrected chi connectivity index (χ2v) is 7.75. The summed E-state index contributed by atoms with van der Waals surface area (Å²) in [5, 5.41) is 0.867. The van der Waals surface area contributed by atoms with Crippen molar-refractivity contribution in [2.45, 2.75) is 19.0 Å². The monoisotopic (exact) mass is 458 g/mol. The van der Waals surface area contributed by atoms with Gasteiger partial charge in [0.15, 0.2) is 0 Å². The third-order valence-electron chi connectivity index (χ3n) is 5.00. The maximum Gasteiger partial charge on any atom is 0.416 e. The van der Waals surface area contributed by atoms with Crippen LogP contribution in [-0.4, -0.2) is 47.8 Å². The molecule has 0 unspecified atom stereocenters. The molecule has 0 aromatic heterocycles. The molecule has 9 heteroatoms. The molecule has 1 aliphatic heterocycles. The summed E-state index contributed by atoms with van der Waals surface area (Å²) in [6.07, 6.45) is -3.81. The van der Waals surface area contributed by atoms with Gasteiger partial charge in [-0.2, -0.15) is 13.2 Å². The molecule has 160 valence electrons. The van der Waals surface area contributed by atoms with Crippen LogP contribution in [0.25, 0.3) is 0 Å². The highest BCUT2D eigenvalue weighted by molar-refractivity contribution is 6.42. The maximum atomic E-state index is 12.9. The van der Waals surface area contributed by atoms with Crippen LogP contribution in [0.3, 0.4) is 0 Å². The van der Waals surface area contributed by atoms with Gasteiger partial charge in [0.05, 0.1) is 15.6 Å². The van der Waals surface area contributed by atoms with Gasteiger partial charge in [-0.15, -0.1) is 0 Å². The van der Waals surface area contributed by atoms with Gasteiger partial charge in [-0.25, -0.2) is 0 Å². The Morgan fingerprint density at radius 2 is 1.57 bits per heavy atom. The average Bonchev–Trinajstić information content (AvgIpc) is 2.73. The van der Waals surface area contributed by atoms with Gasteiger partial charge < -0.3 is 9.80 Å². The van der Waals surface area contributed by atoms with E-state index in [0.717, 1.165) is 17.7 Å². The van der Waals surface area contributed by atoms with E-state index in [1.165, 1.54) is 17.0 Å². The number of aryl methyl sites for hydroxylation is 1. The molecule has 2 aromatic carbocycles. The molecule has 0 bridgehead atoms. The van der Waals surface area contributed by atoms with E-state index in [1.54, 1.807) is 17.0 Å². The first-order valence-electron chi connectivity index (χ1n) is 9.34. The molecule has 30 heavy (non-hydrogen) atoms. The standard InChI is InChI=1S/C21H19Cl2F3N2O2/c22-17-6-2-3-14(19(17)23)7-8-18(29)27-9-11-28(12-10-27)20(30)15-4-1-5-16(13-15)21(24,25)26/h1-6,13H,7-12H2. The van der Waals surface area contributed by atoms with E-state index in [1.807, 2.05) is 6.07 Å². The third-order valence-corrected chi connectivity index (χ3v) is 5.85. The first-order chi connectivity index (χ1) is 14.2. The summed E-state index contributed by atoms with van der Waals surface area (Å²) in [7, 11) is 0. The van der Waals surface area contributed by atoms with Crippen LogP contribution in [0.5, 0.6) is 0 Å². The molecule has 0 spiro atoms. The molecule has 0 N–H and O–H groups in total. The maximum absolute atomic E-state index is 12.9. The van der Waals surface area contributed by atoms with Crippen LogP contribution in [0, 0.1) is 0 Å². The summed E-state index contributed by atoms with van der Waals surface area (Å²) in [4.78, 5) is 28.2. The Morgan fingerprint density at radius 1 is 0.933 bits per heavy atom. The Balaban J connectivity index is 1.55. The zero-order valence-electron chi connectivity index (χ0n) is 15.9. The summed E-state index contributed by atoms with van der Waals surface area (Å²) in [6, 6.07) is 9.63. The van der Waals surface area contributed by atoms with E-state index < -0.39 is 17.6 Å². The quantitative estimate of drug-likeness (QED) is 0.651. The minimum absolute atomic E-state index is 0.0137. The lowest BCUT2D eigenvalue weighted by molar-refractivity contribution is -0.137. The van der Waals surface area contributed by atoms with Crippen molar-refractivity contribution < 1.29 is 22.8 Å². The minimum Gasteiger partial charge on any atom is -0.339 e. The van der Waals surface area contributed by atoms with Crippen LogP contribution in [0.15, 0.2) is 42.5 Å². The summed E-state index contributed by atoms with van der Waals surface area (Å²) >= 11 is 12.1. The van der Waals surface area contributed by atoms with Gasteiger partial charge in [0.1, 0.15) is 0 Å². The van der Waals surface area contributed by atoms with Gasteiger partial charge in [0.25, 0.3) is 5.91 Å². The Kier molecular flexibility index (Phi) is 6.93. The van der Waals surface area contributed by atoms with Crippen LogP contribution >= 0.6 is 23.2 Å². The molecule has 3 rings (SSSR count). The number of carbonyl (C=O) groups is 2. The van der Waals surface area contributed by atoms with E-state index >= 15 is 0 Å². The minimum atomic E-state index is -4.51. The number of piperazine rings is 1. The van der Waals surface area contributed by atoms with Gasteiger partial charge in [0.2, 0.25) is 5.91 Å². The fraction of sp³-hybridized carbons (Fsp3) is 0.333. The largest absolute Gasteiger partial charge is 0.416 e. The molecule has 0 aliphatic carbocycles. The number of alkyl halides is 3. The molecular weight excluding hydrogens is 440 g/mol.